The second kappa shape index (κ2) is 5.52. The quantitative estimate of drug-likeness (QED) is 0.520. The highest BCUT2D eigenvalue weighted by Gasteiger charge is 2.21. The highest BCUT2D eigenvalue weighted by atomic mass is 16.3. The molecule has 0 fully saturated rings. The normalized spacial score (nSPS) is 12.0. The molecule has 0 amide bonds. The van der Waals surface area contributed by atoms with E-state index < -0.39 is 0 Å². The van der Waals surface area contributed by atoms with E-state index in [2.05, 4.69) is 0 Å². The standard InChI is InChI=1S/C8H18O3/c1-8(2-5-9,3-6-10)4-7-11/h9-11H,2-7H2,1H3. The van der Waals surface area contributed by atoms with Crippen LogP contribution >= 0.6 is 0 Å². The van der Waals surface area contributed by atoms with Crippen molar-refractivity contribution < 1.29 is 15.3 Å². The summed E-state index contributed by atoms with van der Waals surface area (Å²) in [5, 5.41) is 26.1. The van der Waals surface area contributed by atoms with E-state index >= 15 is 0 Å². The SMILES string of the molecule is CC(CCO)(CCO)CCO. The zero-order chi connectivity index (χ0) is 8.74. The molecule has 0 radical (unpaired) electrons. The monoisotopic (exact) mass is 162 g/mol. The lowest BCUT2D eigenvalue weighted by Crippen LogP contribution is -2.21. The molecule has 0 unspecified atom stereocenters. The molecule has 0 saturated carbocycles. The molecule has 0 rings (SSSR count). The molecule has 0 spiro atoms. The summed E-state index contributed by atoms with van der Waals surface area (Å²) in [6.45, 7) is 2.33. The van der Waals surface area contributed by atoms with Gasteiger partial charge < -0.3 is 15.3 Å². The Balaban J connectivity index is 3.79. The maximum absolute atomic E-state index is 8.69. The van der Waals surface area contributed by atoms with Crippen LogP contribution in [0.4, 0.5) is 0 Å². The molecule has 0 aliphatic heterocycles. The van der Waals surface area contributed by atoms with Gasteiger partial charge >= 0.3 is 0 Å². The molecule has 0 saturated heterocycles. The van der Waals surface area contributed by atoms with E-state index in [0.717, 1.165) is 0 Å². The molecule has 0 atom stereocenters. The van der Waals surface area contributed by atoms with Gasteiger partial charge in [0.25, 0.3) is 0 Å². The molecule has 68 valence electrons. The van der Waals surface area contributed by atoms with E-state index in [1.165, 1.54) is 0 Å². The van der Waals surface area contributed by atoms with Gasteiger partial charge in [0.1, 0.15) is 0 Å². The van der Waals surface area contributed by atoms with Gasteiger partial charge in [-0.1, -0.05) is 6.92 Å². The molecule has 11 heavy (non-hydrogen) atoms. The molecule has 0 aromatic heterocycles. The molecule has 0 heterocycles. The van der Waals surface area contributed by atoms with E-state index in [0.29, 0.717) is 19.3 Å². The molecule has 3 nitrogen and oxygen atoms in total. The predicted molar refractivity (Wildman–Crippen MR) is 43.2 cm³/mol. The third-order valence-electron chi connectivity index (χ3n) is 2.15. The van der Waals surface area contributed by atoms with Gasteiger partial charge in [0.2, 0.25) is 0 Å². The van der Waals surface area contributed by atoms with Crippen molar-refractivity contribution in [2.24, 2.45) is 5.41 Å². The Kier molecular flexibility index (Phi) is 5.46. The Morgan fingerprint density at radius 2 is 1.09 bits per heavy atom. The number of aliphatic hydroxyl groups excluding tert-OH is 3. The Morgan fingerprint density at radius 1 is 0.818 bits per heavy atom. The van der Waals surface area contributed by atoms with Crippen LogP contribution in [0.5, 0.6) is 0 Å². The van der Waals surface area contributed by atoms with Crippen LogP contribution in [0.25, 0.3) is 0 Å². The number of hydrogen-bond acceptors (Lipinski definition) is 3. The predicted octanol–water partition coefficient (Wildman–Crippen LogP) is 0.140. The zero-order valence-corrected chi connectivity index (χ0v) is 7.08. The molecule has 0 aliphatic carbocycles. The lowest BCUT2D eigenvalue weighted by atomic mass is 9.81. The number of aliphatic hydroxyl groups is 3. The maximum Gasteiger partial charge on any atom is 0.0436 e. The molecule has 3 N–H and O–H groups in total. The fourth-order valence-corrected chi connectivity index (χ4v) is 1.18. The van der Waals surface area contributed by atoms with Gasteiger partial charge in [-0.15, -0.1) is 0 Å². The average molecular weight is 162 g/mol. The fraction of sp³-hybridized carbons (Fsp3) is 1.00. The topological polar surface area (TPSA) is 60.7 Å². The first kappa shape index (κ1) is 10.9. The second-order valence-electron chi connectivity index (χ2n) is 3.23. The lowest BCUT2D eigenvalue weighted by molar-refractivity contribution is 0.115. The molecule has 0 aromatic carbocycles. The smallest absolute Gasteiger partial charge is 0.0436 e. The van der Waals surface area contributed by atoms with E-state index in [1.54, 1.807) is 0 Å². The van der Waals surface area contributed by atoms with Crippen LogP contribution in [0.2, 0.25) is 0 Å². The van der Waals surface area contributed by atoms with E-state index in [-0.39, 0.29) is 25.2 Å². The van der Waals surface area contributed by atoms with Crippen molar-refractivity contribution in [2.45, 2.75) is 26.2 Å². The lowest BCUT2D eigenvalue weighted by Gasteiger charge is -2.26. The van der Waals surface area contributed by atoms with Crippen molar-refractivity contribution in [2.75, 3.05) is 19.8 Å². The minimum absolute atomic E-state index is 0.0990. The van der Waals surface area contributed by atoms with Crippen LogP contribution in [0, 0.1) is 5.41 Å². The van der Waals surface area contributed by atoms with Crippen molar-refractivity contribution in [1.29, 1.82) is 0 Å². The van der Waals surface area contributed by atoms with Gasteiger partial charge in [-0.3, -0.25) is 0 Å². The van der Waals surface area contributed by atoms with Crippen LogP contribution in [0.15, 0.2) is 0 Å². The third-order valence-corrected chi connectivity index (χ3v) is 2.15. The van der Waals surface area contributed by atoms with Crippen LogP contribution in [0.1, 0.15) is 26.2 Å². The molecule has 0 aliphatic rings. The molecule has 0 aromatic rings. The summed E-state index contributed by atoms with van der Waals surface area (Å²) < 4.78 is 0. The molecular formula is C8H18O3. The van der Waals surface area contributed by atoms with Crippen LogP contribution < -0.4 is 0 Å². The molecular weight excluding hydrogens is 144 g/mol. The van der Waals surface area contributed by atoms with Crippen LogP contribution in [-0.2, 0) is 0 Å². The van der Waals surface area contributed by atoms with E-state index in [9.17, 15) is 0 Å². The summed E-state index contributed by atoms with van der Waals surface area (Å²) in [4.78, 5) is 0. The molecule has 3 heteroatoms. The van der Waals surface area contributed by atoms with Gasteiger partial charge in [0.15, 0.2) is 0 Å². The Bertz CT molecular complexity index is 76.3. The Labute approximate surface area is 67.7 Å². The van der Waals surface area contributed by atoms with Crippen molar-refractivity contribution in [3.63, 3.8) is 0 Å². The minimum atomic E-state index is -0.0990. The highest BCUT2D eigenvalue weighted by molar-refractivity contribution is 4.73. The summed E-state index contributed by atoms with van der Waals surface area (Å²) in [5.74, 6) is 0. The second-order valence-corrected chi connectivity index (χ2v) is 3.23. The van der Waals surface area contributed by atoms with Gasteiger partial charge in [0, 0.05) is 19.8 Å². The van der Waals surface area contributed by atoms with E-state index in [1.807, 2.05) is 6.92 Å². The highest BCUT2D eigenvalue weighted by Crippen LogP contribution is 2.28. The van der Waals surface area contributed by atoms with E-state index in [4.69, 9.17) is 15.3 Å². The summed E-state index contributed by atoms with van der Waals surface area (Å²) in [5.41, 5.74) is -0.0990. The first-order valence-corrected chi connectivity index (χ1v) is 4.01. The van der Waals surface area contributed by atoms with Gasteiger partial charge in [-0.2, -0.15) is 0 Å². The summed E-state index contributed by atoms with van der Waals surface area (Å²) >= 11 is 0. The van der Waals surface area contributed by atoms with Gasteiger partial charge in [-0.25, -0.2) is 0 Å². The fourth-order valence-electron chi connectivity index (χ4n) is 1.18. The average Bonchev–Trinajstić information content (AvgIpc) is 1.88. The Morgan fingerprint density at radius 3 is 1.27 bits per heavy atom. The van der Waals surface area contributed by atoms with Crippen LogP contribution in [-0.4, -0.2) is 35.1 Å². The first-order chi connectivity index (χ1) is 5.18. The van der Waals surface area contributed by atoms with Gasteiger partial charge in [0.05, 0.1) is 0 Å². The van der Waals surface area contributed by atoms with Crippen molar-refractivity contribution in [3.05, 3.63) is 0 Å². The van der Waals surface area contributed by atoms with Gasteiger partial charge in [-0.05, 0) is 24.7 Å². The van der Waals surface area contributed by atoms with Crippen molar-refractivity contribution in [1.82, 2.24) is 0 Å². The summed E-state index contributed by atoms with van der Waals surface area (Å²) in [6, 6.07) is 0. The molecule has 0 bridgehead atoms. The summed E-state index contributed by atoms with van der Waals surface area (Å²) in [7, 11) is 0. The van der Waals surface area contributed by atoms with Crippen molar-refractivity contribution >= 4 is 0 Å². The van der Waals surface area contributed by atoms with Crippen LogP contribution in [0.3, 0.4) is 0 Å². The zero-order valence-electron chi connectivity index (χ0n) is 7.08. The summed E-state index contributed by atoms with van der Waals surface area (Å²) in [6.07, 6.45) is 1.94. The number of hydrogen-bond donors (Lipinski definition) is 3. The largest absolute Gasteiger partial charge is 0.396 e. The third kappa shape index (κ3) is 4.35. The Hall–Kier alpha value is -0.120. The first-order valence-electron chi connectivity index (χ1n) is 4.01. The minimum Gasteiger partial charge on any atom is -0.396 e. The van der Waals surface area contributed by atoms with Crippen molar-refractivity contribution in [3.8, 4) is 0 Å². The number of rotatable bonds is 6. The maximum atomic E-state index is 8.69.